The first kappa shape index (κ1) is 16.3. The fraction of sp³-hybridized carbons (Fsp3) is 0.625. The topological polar surface area (TPSA) is 6.48 Å². The third kappa shape index (κ3) is 5.67. The molecular formula is C16H23F3N2. The Kier molecular flexibility index (Phi) is 5.65. The van der Waals surface area contributed by atoms with Crippen LogP contribution in [0.25, 0.3) is 0 Å². The lowest BCUT2D eigenvalue weighted by Crippen LogP contribution is -2.47. The fourth-order valence-electron chi connectivity index (χ4n) is 2.90. The lowest BCUT2D eigenvalue weighted by molar-refractivity contribution is -0.152. The molecule has 0 spiro atoms. The van der Waals surface area contributed by atoms with E-state index in [4.69, 9.17) is 0 Å². The van der Waals surface area contributed by atoms with Crippen molar-refractivity contribution in [2.45, 2.75) is 31.5 Å². The van der Waals surface area contributed by atoms with Gasteiger partial charge in [-0.2, -0.15) is 13.2 Å². The summed E-state index contributed by atoms with van der Waals surface area (Å²) in [7, 11) is 2.02. The minimum absolute atomic E-state index is 0.0477. The lowest BCUT2D eigenvalue weighted by Gasteiger charge is -2.37. The molecule has 1 aromatic carbocycles. The van der Waals surface area contributed by atoms with Crippen LogP contribution in [0.1, 0.15) is 18.4 Å². The van der Waals surface area contributed by atoms with Gasteiger partial charge in [-0.15, -0.1) is 0 Å². The van der Waals surface area contributed by atoms with Gasteiger partial charge < -0.3 is 4.90 Å². The molecule has 1 saturated heterocycles. The Morgan fingerprint density at radius 3 is 2.33 bits per heavy atom. The summed E-state index contributed by atoms with van der Waals surface area (Å²) in [6, 6.07) is 9.78. The molecule has 0 radical (unpaired) electrons. The summed E-state index contributed by atoms with van der Waals surface area (Å²) >= 11 is 0. The lowest BCUT2D eigenvalue weighted by atomic mass is 10.0. The number of rotatable bonds is 5. The van der Waals surface area contributed by atoms with Crippen LogP contribution in [0.5, 0.6) is 0 Å². The highest BCUT2D eigenvalue weighted by molar-refractivity contribution is 5.14. The summed E-state index contributed by atoms with van der Waals surface area (Å²) in [6.45, 7) is 1.43. The van der Waals surface area contributed by atoms with Gasteiger partial charge in [0.25, 0.3) is 0 Å². The molecule has 2 nitrogen and oxygen atoms in total. The van der Waals surface area contributed by atoms with Crippen LogP contribution in [0.4, 0.5) is 13.2 Å². The van der Waals surface area contributed by atoms with Crippen molar-refractivity contribution in [1.82, 2.24) is 9.80 Å². The van der Waals surface area contributed by atoms with Crippen molar-refractivity contribution in [2.24, 2.45) is 0 Å². The van der Waals surface area contributed by atoms with Crippen molar-refractivity contribution < 1.29 is 13.2 Å². The largest absolute Gasteiger partial charge is 0.401 e. The van der Waals surface area contributed by atoms with Gasteiger partial charge in [0.15, 0.2) is 0 Å². The van der Waals surface area contributed by atoms with E-state index in [1.165, 1.54) is 0 Å². The van der Waals surface area contributed by atoms with Crippen LogP contribution in [-0.2, 0) is 6.42 Å². The van der Waals surface area contributed by atoms with Crippen molar-refractivity contribution in [3.63, 3.8) is 0 Å². The van der Waals surface area contributed by atoms with Crippen LogP contribution in [-0.4, -0.2) is 55.2 Å². The minimum atomic E-state index is -4.12. The molecule has 0 aromatic heterocycles. The van der Waals surface area contributed by atoms with Crippen molar-refractivity contribution in [2.75, 3.05) is 33.2 Å². The van der Waals surface area contributed by atoms with Gasteiger partial charge >= 0.3 is 6.18 Å². The van der Waals surface area contributed by atoms with Gasteiger partial charge in [-0.05, 0) is 45.0 Å². The normalized spacial score (nSPS) is 18.3. The van der Waals surface area contributed by atoms with Crippen LogP contribution < -0.4 is 0 Å². The Morgan fingerprint density at radius 1 is 1.14 bits per heavy atom. The van der Waals surface area contributed by atoms with Crippen LogP contribution in [0.2, 0.25) is 0 Å². The Hall–Kier alpha value is -1.07. The predicted octanol–water partition coefficient (Wildman–Crippen LogP) is 3.19. The van der Waals surface area contributed by atoms with E-state index in [0.29, 0.717) is 13.0 Å². The van der Waals surface area contributed by atoms with Crippen molar-refractivity contribution in [3.05, 3.63) is 35.9 Å². The average Bonchev–Trinajstić information content (AvgIpc) is 2.44. The highest BCUT2D eigenvalue weighted by Gasteiger charge is 2.34. The molecule has 118 valence electrons. The number of alkyl halides is 3. The summed E-state index contributed by atoms with van der Waals surface area (Å²) in [4.78, 5) is 3.81. The third-order valence-electron chi connectivity index (χ3n) is 4.12. The van der Waals surface area contributed by atoms with E-state index >= 15 is 0 Å². The van der Waals surface area contributed by atoms with Crippen LogP contribution in [0, 0.1) is 0 Å². The molecule has 0 N–H and O–H groups in total. The smallest absolute Gasteiger partial charge is 0.306 e. The molecule has 0 aliphatic carbocycles. The zero-order valence-electron chi connectivity index (χ0n) is 12.4. The van der Waals surface area contributed by atoms with E-state index in [1.807, 2.05) is 37.4 Å². The maximum absolute atomic E-state index is 12.8. The number of hydrogen-bond donors (Lipinski definition) is 0. The van der Waals surface area contributed by atoms with Gasteiger partial charge in [0.05, 0.1) is 6.54 Å². The van der Waals surface area contributed by atoms with Crippen LogP contribution in [0.15, 0.2) is 30.3 Å². The first-order valence-corrected chi connectivity index (χ1v) is 7.47. The number of hydrogen-bond acceptors (Lipinski definition) is 2. The molecule has 2 rings (SSSR count). The number of piperidine rings is 1. The van der Waals surface area contributed by atoms with E-state index in [9.17, 15) is 13.2 Å². The molecule has 1 heterocycles. The van der Waals surface area contributed by atoms with Gasteiger partial charge in [0.1, 0.15) is 0 Å². The molecule has 1 aliphatic rings. The third-order valence-corrected chi connectivity index (χ3v) is 4.12. The molecular weight excluding hydrogens is 277 g/mol. The van der Waals surface area contributed by atoms with Crippen molar-refractivity contribution in [1.29, 1.82) is 0 Å². The quantitative estimate of drug-likeness (QED) is 0.824. The number of nitrogens with zero attached hydrogens (tertiary/aromatic N) is 2. The second kappa shape index (κ2) is 7.27. The van der Waals surface area contributed by atoms with Crippen molar-refractivity contribution in [3.8, 4) is 0 Å². The Morgan fingerprint density at radius 2 is 1.76 bits per heavy atom. The second-order valence-electron chi connectivity index (χ2n) is 5.86. The molecule has 0 saturated carbocycles. The van der Waals surface area contributed by atoms with Crippen LogP contribution in [0.3, 0.4) is 0 Å². The maximum Gasteiger partial charge on any atom is 0.401 e. The molecule has 0 atom stereocenters. The summed E-state index contributed by atoms with van der Waals surface area (Å²) in [5, 5.41) is 0. The van der Waals surface area contributed by atoms with Gasteiger partial charge in [0.2, 0.25) is 0 Å². The molecule has 0 amide bonds. The van der Waals surface area contributed by atoms with E-state index in [0.717, 1.165) is 31.5 Å². The molecule has 0 bridgehead atoms. The highest BCUT2D eigenvalue weighted by atomic mass is 19.4. The van der Waals surface area contributed by atoms with Gasteiger partial charge in [-0.3, -0.25) is 4.90 Å². The van der Waals surface area contributed by atoms with E-state index < -0.39 is 12.7 Å². The Balaban J connectivity index is 1.95. The van der Waals surface area contributed by atoms with E-state index in [-0.39, 0.29) is 6.04 Å². The van der Waals surface area contributed by atoms with E-state index in [1.54, 1.807) is 4.90 Å². The Bertz CT molecular complexity index is 411. The SMILES string of the molecule is CN1CCC(N(CCc2ccccc2)CC(F)(F)F)CC1. The molecule has 21 heavy (non-hydrogen) atoms. The predicted molar refractivity (Wildman–Crippen MR) is 78.3 cm³/mol. The molecule has 1 aromatic rings. The van der Waals surface area contributed by atoms with Gasteiger partial charge in [-0.25, -0.2) is 0 Å². The summed E-state index contributed by atoms with van der Waals surface area (Å²) in [5.41, 5.74) is 1.10. The van der Waals surface area contributed by atoms with E-state index in [2.05, 4.69) is 4.90 Å². The summed E-state index contributed by atoms with van der Waals surface area (Å²) in [5.74, 6) is 0. The summed E-state index contributed by atoms with van der Waals surface area (Å²) < 4.78 is 38.4. The highest BCUT2D eigenvalue weighted by Crippen LogP contribution is 2.23. The fourth-order valence-corrected chi connectivity index (χ4v) is 2.90. The van der Waals surface area contributed by atoms with Gasteiger partial charge in [-0.1, -0.05) is 30.3 Å². The summed E-state index contributed by atoms with van der Waals surface area (Å²) in [6.07, 6.45) is -1.81. The monoisotopic (exact) mass is 300 g/mol. The standard InChI is InChI=1S/C16H23F3N2/c1-20-10-8-15(9-11-20)21(13-16(17,18)19)12-7-14-5-3-2-4-6-14/h2-6,15H,7-13H2,1H3. The first-order chi connectivity index (χ1) is 9.94. The second-order valence-corrected chi connectivity index (χ2v) is 5.86. The van der Waals surface area contributed by atoms with Crippen molar-refractivity contribution >= 4 is 0 Å². The molecule has 5 heteroatoms. The first-order valence-electron chi connectivity index (χ1n) is 7.47. The minimum Gasteiger partial charge on any atom is -0.306 e. The molecule has 1 aliphatic heterocycles. The van der Waals surface area contributed by atoms with Gasteiger partial charge in [0, 0.05) is 12.6 Å². The zero-order chi connectivity index (χ0) is 15.3. The number of halogens is 3. The molecule has 1 fully saturated rings. The van der Waals surface area contributed by atoms with Crippen LogP contribution >= 0.6 is 0 Å². The number of likely N-dealkylation sites (tertiary alicyclic amines) is 1. The zero-order valence-corrected chi connectivity index (χ0v) is 12.4. The average molecular weight is 300 g/mol. The Labute approximate surface area is 124 Å². The maximum atomic E-state index is 12.8. The number of benzene rings is 1. The molecule has 0 unspecified atom stereocenters.